The molecule has 17 nitrogen and oxygen atoms in total. The van der Waals surface area contributed by atoms with Crippen molar-refractivity contribution in [1.29, 1.82) is 0 Å². The second kappa shape index (κ2) is 19.1. The molecule has 17 heteroatoms. The molecular weight excluding hydrogens is 660 g/mol. The number of ether oxygens (including phenoxy) is 4. The first-order valence-electron chi connectivity index (χ1n) is 16.8. The maximum Gasteiger partial charge on any atom is 0.410 e. The van der Waals surface area contributed by atoms with Crippen LogP contribution in [-0.4, -0.2) is 71.5 Å². The highest BCUT2D eigenvalue weighted by molar-refractivity contribution is 5.68. The molecule has 4 rings (SSSR count). The lowest BCUT2D eigenvalue weighted by Crippen LogP contribution is -2.60. The zero-order valence-corrected chi connectivity index (χ0v) is 28.7. The molecule has 2 aliphatic rings. The Morgan fingerprint density at radius 3 is 1.88 bits per heavy atom. The molecule has 0 saturated heterocycles. The van der Waals surface area contributed by atoms with Crippen LogP contribution in [0.5, 0.6) is 0 Å². The topological polar surface area (TPSA) is 238 Å². The molecule has 2 aliphatic carbocycles. The average molecular weight is 703 g/mol. The summed E-state index contributed by atoms with van der Waals surface area (Å²) in [7, 11) is 0. The van der Waals surface area contributed by atoms with Gasteiger partial charge in [0, 0.05) is 41.2 Å². The summed E-state index contributed by atoms with van der Waals surface area (Å²) in [5, 5.41) is 11.6. The quantitative estimate of drug-likeness (QED) is 0.0632. The summed E-state index contributed by atoms with van der Waals surface area (Å²) in [5.74, 6) is -1.62. The maximum atomic E-state index is 13.8. The number of azide groups is 3. The molecule has 2 aromatic carbocycles. The van der Waals surface area contributed by atoms with E-state index in [1.54, 1.807) is 4.90 Å². The average Bonchev–Trinajstić information content (AvgIpc) is 3.11. The summed E-state index contributed by atoms with van der Waals surface area (Å²) < 4.78 is 23.6. The molecule has 51 heavy (non-hydrogen) atoms. The number of nitrogens with zero attached hydrogens (tertiary/aromatic N) is 10. The van der Waals surface area contributed by atoms with Crippen molar-refractivity contribution < 1.29 is 33.3 Å². The van der Waals surface area contributed by atoms with E-state index in [0.717, 1.165) is 25.0 Å². The number of esters is 2. The van der Waals surface area contributed by atoms with Crippen LogP contribution in [0.1, 0.15) is 64.0 Å². The minimum atomic E-state index is -1.33. The molecule has 0 N–H and O–H groups in total. The summed E-state index contributed by atoms with van der Waals surface area (Å²) in [5.41, 5.74) is 29.9. The van der Waals surface area contributed by atoms with Gasteiger partial charge in [-0.15, -0.1) is 0 Å². The molecule has 2 aromatic rings. The van der Waals surface area contributed by atoms with Gasteiger partial charge in [-0.1, -0.05) is 82.9 Å². The van der Waals surface area contributed by atoms with E-state index in [2.05, 4.69) is 30.1 Å². The lowest BCUT2D eigenvalue weighted by Gasteiger charge is -2.46. The fourth-order valence-corrected chi connectivity index (χ4v) is 7.08. The summed E-state index contributed by atoms with van der Waals surface area (Å²) in [6.45, 7) is 4.68. The van der Waals surface area contributed by atoms with Crippen LogP contribution in [0.25, 0.3) is 31.3 Å². The molecule has 0 bridgehead atoms. The van der Waals surface area contributed by atoms with Gasteiger partial charge in [0.05, 0.1) is 24.2 Å². The van der Waals surface area contributed by atoms with Gasteiger partial charge < -0.3 is 23.8 Å². The largest absolute Gasteiger partial charge is 0.458 e. The van der Waals surface area contributed by atoms with Gasteiger partial charge in [-0.05, 0) is 65.7 Å². The van der Waals surface area contributed by atoms with Gasteiger partial charge in [0.15, 0.2) is 6.10 Å². The molecule has 0 heterocycles. The van der Waals surface area contributed by atoms with E-state index in [-0.39, 0.29) is 31.5 Å². The summed E-state index contributed by atoms with van der Waals surface area (Å²) in [6, 6.07) is 15.9. The number of benzene rings is 2. The van der Waals surface area contributed by atoms with E-state index in [1.165, 1.54) is 0 Å². The Morgan fingerprint density at radius 1 is 0.765 bits per heavy atom. The summed E-state index contributed by atoms with van der Waals surface area (Å²) in [4.78, 5) is 48.9. The molecule has 0 spiro atoms. The number of carbonyl (C=O) groups is 3. The fourth-order valence-electron chi connectivity index (χ4n) is 7.08. The van der Waals surface area contributed by atoms with Crippen molar-refractivity contribution >= 4 is 18.0 Å². The third kappa shape index (κ3) is 10.5. The Morgan fingerprint density at radius 2 is 1.31 bits per heavy atom. The highest BCUT2D eigenvalue weighted by Gasteiger charge is 2.51. The van der Waals surface area contributed by atoms with E-state index >= 15 is 0 Å². The molecule has 2 fully saturated rings. The van der Waals surface area contributed by atoms with Crippen molar-refractivity contribution in [2.75, 3.05) is 0 Å². The Hall–Kier alpha value is -5.46. The van der Waals surface area contributed by atoms with Crippen molar-refractivity contribution in [3.05, 3.63) is 103 Å². The molecule has 2 saturated carbocycles. The van der Waals surface area contributed by atoms with E-state index in [9.17, 15) is 31.0 Å². The molecule has 0 radical (unpaired) electrons. The van der Waals surface area contributed by atoms with Crippen molar-refractivity contribution in [1.82, 2.24) is 4.90 Å². The normalized spacial score (nSPS) is 26.1. The van der Waals surface area contributed by atoms with Gasteiger partial charge in [0.25, 0.3) is 0 Å². The first-order chi connectivity index (χ1) is 24.7. The molecule has 1 unspecified atom stereocenters. The predicted molar refractivity (Wildman–Crippen MR) is 183 cm³/mol. The van der Waals surface area contributed by atoms with Gasteiger partial charge in [0.2, 0.25) is 0 Å². The summed E-state index contributed by atoms with van der Waals surface area (Å²) >= 11 is 0. The van der Waals surface area contributed by atoms with Crippen molar-refractivity contribution in [3.8, 4) is 0 Å². The third-order valence-corrected chi connectivity index (χ3v) is 9.22. The number of hydrogen-bond acceptors (Lipinski definition) is 10. The predicted octanol–water partition coefficient (Wildman–Crippen LogP) is 7.46. The van der Waals surface area contributed by atoms with Crippen LogP contribution in [0.2, 0.25) is 0 Å². The number of hydrogen-bond donors (Lipinski definition) is 0. The Labute approximate surface area is 295 Å². The monoisotopic (exact) mass is 702 g/mol. The highest BCUT2D eigenvalue weighted by Crippen LogP contribution is 2.39. The second-order valence-electron chi connectivity index (χ2n) is 12.5. The zero-order chi connectivity index (χ0) is 36.8. The zero-order valence-electron chi connectivity index (χ0n) is 28.7. The van der Waals surface area contributed by atoms with E-state index < -0.39 is 60.6 Å². The van der Waals surface area contributed by atoms with Crippen LogP contribution in [0.15, 0.2) is 76.0 Å². The lowest BCUT2D eigenvalue weighted by atomic mass is 9.78. The Bertz CT molecular complexity index is 1630. The second-order valence-corrected chi connectivity index (χ2v) is 12.5. The van der Waals surface area contributed by atoms with Gasteiger partial charge in [-0.3, -0.25) is 9.59 Å². The summed E-state index contributed by atoms with van der Waals surface area (Å²) in [6.07, 6.45) is -3.23. The van der Waals surface area contributed by atoms with Crippen LogP contribution in [0.4, 0.5) is 4.79 Å². The molecule has 1 amide bonds. The van der Waals surface area contributed by atoms with Gasteiger partial charge >= 0.3 is 18.0 Å². The number of amides is 1. The van der Waals surface area contributed by atoms with Crippen LogP contribution >= 0.6 is 0 Å². The molecular formula is C34H42N10O7. The van der Waals surface area contributed by atoms with E-state index in [4.69, 9.17) is 18.9 Å². The van der Waals surface area contributed by atoms with Crippen LogP contribution in [0.3, 0.4) is 0 Å². The van der Waals surface area contributed by atoms with Gasteiger partial charge in [-0.25, -0.2) is 4.79 Å². The SMILES string of the molecule is CC[C@H]([C@@H]1CCC(N=[N+]=[N-])[C@@H](O[C@H]2[C@H](OC(C)=O)[C@@H](OC(C)=O)[C@H](N=[N+]=[N-])C[C@@H]2N=[N+]=[N-])C1)N(Cc1ccccc1)C(=O)OCc1ccccc1. The Balaban J connectivity index is 1.67. The van der Waals surface area contributed by atoms with Crippen molar-refractivity contribution in [2.24, 2.45) is 21.3 Å². The molecule has 270 valence electrons. The van der Waals surface area contributed by atoms with Crippen LogP contribution in [-0.2, 0) is 41.7 Å². The smallest absolute Gasteiger partial charge is 0.410 e. The highest BCUT2D eigenvalue weighted by atomic mass is 16.6. The molecule has 0 aliphatic heterocycles. The first-order valence-corrected chi connectivity index (χ1v) is 16.8. The van der Waals surface area contributed by atoms with E-state index in [0.29, 0.717) is 25.7 Å². The van der Waals surface area contributed by atoms with Crippen molar-refractivity contribution in [3.63, 3.8) is 0 Å². The minimum absolute atomic E-state index is 0.0769. The molecule has 9 atom stereocenters. The molecule has 0 aromatic heterocycles. The maximum absolute atomic E-state index is 13.8. The Kier molecular flexibility index (Phi) is 14.3. The van der Waals surface area contributed by atoms with Crippen LogP contribution < -0.4 is 0 Å². The number of rotatable bonds is 14. The fraction of sp³-hybridized carbons (Fsp3) is 0.559. The van der Waals surface area contributed by atoms with Gasteiger partial charge in [0.1, 0.15) is 18.8 Å². The first kappa shape index (κ1) is 38.3. The standard InChI is InChI=1S/C34H42N10O7/c1-4-29(44(19-23-11-7-5-8-12-23)34(47)48-20-24-13-9-6-10-14-24)25-15-16-26(38-41-35)30(17-25)51-32-28(40-43-37)18-27(39-42-36)31(49-21(2)45)33(32)50-22(3)46/h5-14,25-33H,4,15-20H2,1-3H3/t25-,26?,27-,28+,29-,30+,31+,32-,33-/m1/s1. The van der Waals surface area contributed by atoms with Gasteiger partial charge in [-0.2, -0.15) is 0 Å². The van der Waals surface area contributed by atoms with Crippen LogP contribution in [0, 0.1) is 5.92 Å². The van der Waals surface area contributed by atoms with Crippen molar-refractivity contribution in [2.45, 2.75) is 115 Å². The number of carbonyl (C=O) groups excluding carboxylic acids is 3. The minimum Gasteiger partial charge on any atom is -0.458 e. The third-order valence-electron chi connectivity index (χ3n) is 9.22. The van der Waals surface area contributed by atoms with E-state index in [1.807, 2.05) is 67.6 Å². The lowest BCUT2D eigenvalue weighted by molar-refractivity contribution is -0.200.